The van der Waals surface area contributed by atoms with Crippen molar-refractivity contribution in [2.45, 2.75) is 5.16 Å². The van der Waals surface area contributed by atoms with E-state index < -0.39 is 11.4 Å². The first-order valence-electron chi connectivity index (χ1n) is 8.07. The molecule has 0 amide bonds. The number of nitrogens with zero attached hydrogens (tertiary/aromatic N) is 4. The fraction of sp³-hybridized carbons (Fsp3) is 0.0526. The molecule has 0 spiro atoms. The number of fused-ring (bicyclic) bond motifs is 1. The molecule has 2 aromatic carbocycles. The molecule has 0 unspecified atom stereocenters. The highest BCUT2D eigenvalue weighted by Gasteiger charge is 2.14. The van der Waals surface area contributed by atoms with Gasteiger partial charge in [0, 0.05) is 18.0 Å². The zero-order chi connectivity index (χ0) is 18.8. The van der Waals surface area contributed by atoms with E-state index in [1.54, 1.807) is 36.5 Å². The zero-order valence-corrected chi connectivity index (χ0v) is 14.8. The van der Waals surface area contributed by atoms with Gasteiger partial charge in [-0.1, -0.05) is 48.2 Å². The predicted molar refractivity (Wildman–Crippen MR) is 100 cm³/mol. The molecule has 0 radical (unpaired) electrons. The van der Waals surface area contributed by atoms with Crippen LogP contribution in [0.1, 0.15) is 10.4 Å². The molecule has 0 atom stereocenters. The minimum Gasteiger partial charge on any atom is -0.293 e. The second-order valence-corrected chi connectivity index (χ2v) is 6.65. The molecule has 27 heavy (non-hydrogen) atoms. The van der Waals surface area contributed by atoms with Gasteiger partial charge >= 0.3 is 5.56 Å². The van der Waals surface area contributed by atoms with E-state index in [4.69, 9.17) is 0 Å². The first-order valence-corrected chi connectivity index (χ1v) is 9.05. The molecule has 134 valence electrons. The molecule has 0 N–H and O–H groups in total. The molecule has 8 heteroatoms. The van der Waals surface area contributed by atoms with Crippen LogP contribution < -0.4 is 5.56 Å². The number of rotatable bonds is 5. The summed E-state index contributed by atoms with van der Waals surface area (Å²) in [6.45, 7) is 0. The van der Waals surface area contributed by atoms with Crippen molar-refractivity contribution in [3.63, 3.8) is 0 Å². The van der Waals surface area contributed by atoms with E-state index in [0.29, 0.717) is 16.4 Å². The van der Waals surface area contributed by atoms with Crippen molar-refractivity contribution in [2.24, 2.45) is 0 Å². The van der Waals surface area contributed by atoms with Gasteiger partial charge in [-0.2, -0.15) is 0 Å². The summed E-state index contributed by atoms with van der Waals surface area (Å²) in [5.74, 6) is -0.292. The summed E-state index contributed by atoms with van der Waals surface area (Å²) in [4.78, 5) is 24.9. The highest BCUT2D eigenvalue weighted by atomic mass is 32.2. The normalized spacial score (nSPS) is 11.0. The summed E-state index contributed by atoms with van der Waals surface area (Å²) in [7, 11) is 0. The molecule has 2 heterocycles. The van der Waals surface area contributed by atoms with Gasteiger partial charge in [-0.3, -0.25) is 18.6 Å². The molecule has 0 bridgehead atoms. The van der Waals surface area contributed by atoms with Crippen molar-refractivity contribution in [3.05, 3.63) is 88.7 Å². The molecule has 6 nitrogen and oxygen atoms in total. The van der Waals surface area contributed by atoms with Gasteiger partial charge in [0.15, 0.2) is 10.9 Å². The molecule has 4 rings (SSSR count). The molecule has 0 saturated heterocycles. The lowest BCUT2D eigenvalue weighted by Gasteiger charge is -2.06. The van der Waals surface area contributed by atoms with E-state index >= 15 is 0 Å². The number of halogens is 1. The Morgan fingerprint density at radius 1 is 1.04 bits per heavy atom. The van der Waals surface area contributed by atoms with Crippen molar-refractivity contribution in [3.8, 4) is 5.69 Å². The predicted octanol–water partition coefficient (Wildman–Crippen LogP) is 2.99. The van der Waals surface area contributed by atoms with Gasteiger partial charge in [-0.05, 0) is 18.2 Å². The van der Waals surface area contributed by atoms with E-state index in [-0.39, 0.29) is 17.2 Å². The van der Waals surface area contributed by atoms with Gasteiger partial charge in [-0.15, -0.1) is 10.2 Å². The van der Waals surface area contributed by atoms with Crippen molar-refractivity contribution in [1.82, 2.24) is 19.2 Å². The molecule has 0 aliphatic carbocycles. The maximum Gasteiger partial charge on any atom is 0.300 e. The molecule has 0 aliphatic rings. The van der Waals surface area contributed by atoms with Crippen LogP contribution in [0, 0.1) is 5.82 Å². The Bertz CT molecular complexity index is 1190. The Morgan fingerprint density at radius 2 is 1.85 bits per heavy atom. The second-order valence-electron chi connectivity index (χ2n) is 5.71. The summed E-state index contributed by atoms with van der Waals surface area (Å²) >= 11 is 1.20. The van der Waals surface area contributed by atoms with Crippen LogP contribution in [-0.2, 0) is 0 Å². The Kier molecular flexibility index (Phi) is 4.55. The molecular formula is C19H13FN4O2S. The van der Waals surface area contributed by atoms with Gasteiger partial charge in [0.1, 0.15) is 5.82 Å². The number of hydrogen-bond acceptors (Lipinski definition) is 5. The van der Waals surface area contributed by atoms with Crippen molar-refractivity contribution >= 4 is 23.2 Å². The lowest BCUT2D eigenvalue weighted by atomic mass is 10.2. The number of carbonyl (C=O) groups is 1. The third-order valence-electron chi connectivity index (χ3n) is 3.95. The number of thioether (sulfide) groups is 1. The summed E-state index contributed by atoms with van der Waals surface area (Å²) in [6.07, 6.45) is 3.15. The monoisotopic (exact) mass is 380 g/mol. The summed E-state index contributed by atoms with van der Waals surface area (Å²) in [5, 5.41) is 8.38. The minimum atomic E-state index is -0.434. The van der Waals surface area contributed by atoms with Crippen LogP contribution in [-0.4, -0.2) is 30.7 Å². The molecule has 0 saturated carbocycles. The highest BCUT2D eigenvalue weighted by Crippen LogP contribution is 2.18. The average Bonchev–Trinajstić information content (AvgIpc) is 3.11. The third kappa shape index (κ3) is 3.39. The molecular weight excluding hydrogens is 367 g/mol. The Hall–Kier alpha value is -3.26. The van der Waals surface area contributed by atoms with Crippen LogP contribution in [0.4, 0.5) is 4.39 Å². The van der Waals surface area contributed by atoms with Crippen molar-refractivity contribution < 1.29 is 9.18 Å². The molecule has 4 aromatic rings. The maximum absolute atomic E-state index is 13.4. The largest absolute Gasteiger partial charge is 0.300 e. The van der Waals surface area contributed by atoms with E-state index in [0.717, 1.165) is 0 Å². The lowest BCUT2D eigenvalue weighted by molar-refractivity contribution is 0.102. The summed E-state index contributed by atoms with van der Waals surface area (Å²) in [5.41, 5.74) is 0.708. The SMILES string of the molecule is O=C(CSc1nnc2c(=O)n(-c3cccc(F)c3)ccn12)c1ccccc1. The standard InChI is InChI=1S/C19H13FN4O2S/c20-14-7-4-8-15(11-14)23-9-10-24-17(18(23)26)21-22-19(24)27-12-16(25)13-5-2-1-3-6-13/h1-11H,12H2. The minimum absolute atomic E-state index is 0.0366. The molecule has 0 fully saturated rings. The first-order chi connectivity index (χ1) is 13.1. The van der Waals surface area contributed by atoms with Crippen LogP contribution in [0.5, 0.6) is 0 Å². The smallest absolute Gasteiger partial charge is 0.293 e. The summed E-state index contributed by atoms with van der Waals surface area (Å²) in [6, 6.07) is 14.7. The number of carbonyl (C=O) groups excluding carboxylic acids is 1. The van der Waals surface area contributed by atoms with E-state index in [2.05, 4.69) is 10.2 Å². The van der Waals surface area contributed by atoms with Crippen LogP contribution in [0.2, 0.25) is 0 Å². The van der Waals surface area contributed by atoms with Gasteiger partial charge < -0.3 is 0 Å². The van der Waals surface area contributed by atoms with Gasteiger partial charge in [0.05, 0.1) is 11.4 Å². The fourth-order valence-corrected chi connectivity index (χ4v) is 3.44. The van der Waals surface area contributed by atoms with Crippen molar-refractivity contribution in [1.29, 1.82) is 0 Å². The van der Waals surface area contributed by atoms with Crippen LogP contribution in [0.3, 0.4) is 0 Å². The molecule has 2 aromatic heterocycles. The topological polar surface area (TPSA) is 69.3 Å². The third-order valence-corrected chi connectivity index (χ3v) is 4.90. The number of benzene rings is 2. The van der Waals surface area contributed by atoms with Crippen LogP contribution in [0.15, 0.2) is 76.9 Å². The fourth-order valence-electron chi connectivity index (χ4n) is 2.63. The van der Waals surface area contributed by atoms with E-state index in [1.165, 1.54) is 45.1 Å². The van der Waals surface area contributed by atoms with Gasteiger partial charge in [-0.25, -0.2) is 4.39 Å². The quantitative estimate of drug-likeness (QED) is 0.393. The summed E-state index contributed by atoms with van der Waals surface area (Å²) < 4.78 is 16.3. The zero-order valence-electron chi connectivity index (χ0n) is 13.9. The van der Waals surface area contributed by atoms with Crippen molar-refractivity contribution in [2.75, 3.05) is 5.75 Å². The Morgan fingerprint density at radius 3 is 2.63 bits per heavy atom. The first kappa shape index (κ1) is 17.2. The number of hydrogen-bond donors (Lipinski definition) is 0. The van der Waals surface area contributed by atoms with Crippen LogP contribution >= 0.6 is 11.8 Å². The maximum atomic E-state index is 13.4. The highest BCUT2D eigenvalue weighted by molar-refractivity contribution is 7.99. The van der Waals surface area contributed by atoms with Gasteiger partial charge in [0.2, 0.25) is 5.65 Å². The Labute approximate surface area is 157 Å². The second kappa shape index (κ2) is 7.16. The van der Waals surface area contributed by atoms with E-state index in [9.17, 15) is 14.0 Å². The Balaban J connectivity index is 1.62. The van der Waals surface area contributed by atoms with E-state index in [1.807, 2.05) is 6.07 Å². The van der Waals surface area contributed by atoms with Crippen LogP contribution in [0.25, 0.3) is 11.3 Å². The number of aromatic nitrogens is 4. The number of Topliss-reactive ketones (excluding diaryl/α,β-unsaturated/α-hetero) is 1. The average molecular weight is 380 g/mol. The molecule has 0 aliphatic heterocycles. The van der Waals surface area contributed by atoms with Gasteiger partial charge in [0.25, 0.3) is 0 Å². The number of ketones is 1. The lowest BCUT2D eigenvalue weighted by Crippen LogP contribution is -2.20.